The van der Waals surface area contributed by atoms with Gasteiger partial charge in [0.15, 0.2) is 17.5 Å². The van der Waals surface area contributed by atoms with E-state index in [-0.39, 0.29) is 0 Å². The second-order valence-corrected chi connectivity index (χ2v) is 6.12. The first kappa shape index (κ1) is 16.3. The summed E-state index contributed by atoms with van der Waals surface area (Å²) in [5.41, 5.74) is 2.23. The number of rotatable bonds is 3. The first-order valence-corrected chi connectivity index (χ1v) is 7.94. The van der Waals surface area contributed by atoms with Crippen molar-refractivity contribution in [3.8, 4) is 11.1 Å². The summed E-state index contributed by atoms with van der Waals surface area (Å²) < 4.78 is 39.9. The Morgan fingerprint density at radius 2 is 1.67 bits per heavy atom. The third-order valence-corrected chi connectivity index (χ3v) is 4.43. The molecule has 0 unspecified atom stereocenters. The van der Waals surface area contributed by atoms with Gasteiger partial charge in [-0.15, -0.1) is 11.3 Å². The van der Waals surface area contributed by atoms with Crippen LogP contribution in [0.25, 0.3) is 11.1 Å². The number of amides is 1. The number of carbonyl (C=O) groups excluding carboxylic acids is 1. The summed E-state index contributed by atoms with van der Waals surface area (Å²) in [4.78, 5) is 12.8. The Kier molecular flexibility index (Phi) is 4.40. The van der Waals surface area contributed by atoms with Crippen LogP contribution < -0.4 is 5.32 Å². The zero-order valence-corrected chi connectivity index (χ0v) is 13.4. The maximum atomic E-state index is 13.7. The van der Waals surface area contributed by atoms with E-state index in [1.807, 2.05) is 31.2 Å². The number of carbonyl (C=O) groups is 1. The summed E-state index contributed by atoms with van der Waals surface area (Å²) in [6.07, 6.45) is 0. The van der Waals surface area contributed by atoms with Crippen molar-refractivity contribution >= 4 is 22.9 Å². The highest BCUT2D eigenvalue weighted by Gasteiger charge is 2.19. The molecule has 2 nitrogen and oxygen atoms in total. The molecule has 0 bridgehead atoms. The number of anilines is 1. The fourth-order valence-electron chi connectivity index (χ4n) is 2.25. The van der Waals surface area contributed by atoms with E-state index in [0.717, 1.165) is 23.3 Å². The predicted octanol–water partition coefficient (Wildman–Crippen LogP) is 5.39. The fraction of sp³-hybridized carbons (Fsp3) is 0.0556. The Labute approximate surface area is 140 Å². The number of thiophene rings is 1. The van der Waals surface area contributed by atoms with Gasteiger partial charge in [0.1, 0.15) is 0 Å². The van der Waals surface area contributed by atoms with Crippen LogP contribution in [-0.2, 0) is 0 Å². The lowest BCUT2D eigenvalue weighted by atomic mass is 10.0. The summed E-state index contributed by atoms with van der Waals surface area (Å²) in [6, 6.07) is 11.1. The summed E-state index contributed by atoms with van der Waals surface area (Å²) in [6.45, 7) is 1.96. The molecular weight excluding hydrogens is 335 g/mol. The second-order valence-electron chi connectivity index (χ2n) is 5.21. The van der Waals surface area contributed by atoms with Gasteiger partial charge >= 0.3 is 0 Å². The van der Waals surface area contributed by atoms with E-state index in [4.69, 9.17) is 0 Å². The van der Waals surface area contributed by atoms with Gasteiger partial charge in [-0.2, -0.15) is 0 Å². The van der Waals surface area contributed by atoms with Crippen molar-refractivity contribution < 1.29 is 18.0 Å². The zero-order valence-electron chi connectivity index (χ0n) is 12.6. The molecule has 0 radical (unpaired) electrons. The number of hydrogen-bond donors (Lipinski definition) is 1. The average Bonchev–Trinajstić information content (AvgIpc) is 3.06. The monoisotopic (exact) mass is 347 g/mol. The van der Waals surface area contributed by atoms with Crippen LogP contribution in [-0.4, -0.2) is 5.91 Å². The number of benzene rings is 2. The van der Waals surface area contributed by atoms with Crippen LogP contribution in [0, 0.1) is 24.4 Å². The van der Waals surface area contributed by atoms with Crippen LogP contribution in [0.3, 0.4) is 0 Å². The van der Waals surface area contributed by atoms with E-state index in [1.54, 1.807) is 11.4 Å². The van der Waals surface area contributed by atoms with Gasteiger partial charge in [-0.1, -0.05) is 29.8 Å². The van der Waals surface area contributed by atoms with Crippen LogP contribution in [0.5, 0.6) is 0 Å². The number of aryl methyl sites for hydroxylation is 1. The van der Waals surface area contributed by atoms with E-state index in [9.17, 15) is 18.0 Å². The molecule has 0 aliphatic carbocycles. The smallest absolute Gasteiger partial charge is 0.266 e. The molecule has 1 amide bonds. The maximum Gasteiger partial charge on any atom is 0.266 e. The fourth-order valence-corrected chi connectivity index (χ4v) is 3.06. The molecule has 3 aromatic rings. The first-order chi connectivity index (χ1) is 11.5. The van der Waals surface area contributed by atoms with E-state index in [2.05, 4.69) is 5.32 Å². The summed E-state index contributed by atoms with van der Waals surface area (Å²) in [7, 11) is 0. The third kappa shape index (κ3) is 3.05. The van der Waals surface area contributed by atoms with Crippen LogP contribution >= 0.6 is 11.3 Å². The van der Waals surface area contributed by atoms with Crippen molar-refractivity contribution in [2.75, 3.05) is 5.32 Å². The molecule has 1 N–H and O–H groups in total. The minimum Gasteiger partial charge on any atom is -0.319 e. The molecule has 3 rings (SSSR count). The Morgan fingerprint density at radius 1 is 0.958 bits per heavy atom. The molecule has 1 aromatic heterocycles. The van der Waals surface area contributed by atoms with Crippen LogP contribution in [0.1, 0.15) is 15.2 Å². The van der Waals surface area contributed by atoms with Crippen molar-refractivity contribution in [1.29, 1.82) is 0 Å². The molecule has 0 aliphatic rings. The molecule has 0 fully saturated rings. The van der Waals surface area contributed by atoms with Gasteiger partial charge in [0.05, 0.1) is 10.6 Å². The number of hydrogen-bond acceptors (Lipinski definition) is 2. The largest absolute Gasteiger partial charge is 0.319 e. The molecule has 6 heteroatoms. The molecule has 0 aliphatic heterocycles. The lowest BCUT2D eigenvalue weighted by molar-refractivity contribution is 0.103. The normalized spacial score (nSPS) is 10.7. The number of halogens is 3. The van der Waals surface area contributed by atoms with Gasteiger partial charge in [-0.3, -0.25) is 4.79 Å². The third-order valence-electron chi connectivity index (χ3n) is 3.52. The molecule has 2 aromatic carbocycles. The number of nitrogens with one attached hydrogen (secondary N) is 1. The molecule has 0 saturated heterocycles. The van der Waals surface area contributed by atoms with Gasteiger partial charge < -0.3 is 5.32 Å². The van der Waals surface area contributed by atoms with Crippen LogP contribution in [0.2, 0.25) is 0 Å². The Hall–Kier alpha value is -2.60. The SMILES string of the molecule is Cc1ccc(-c2ccsc2C(=O)Nc2ccc(F)c(F)c2F)cc1. The Morgan fingerprint density at radius 3 is 2.38 bits per heavy atom. The van der Waals surface area contributed by atoms with E-state index >= 15 is 0 Å². The summed E-state index contributed by atoms with van der Waals surface area (Å²) in [5.74, 6) is -4.91. The van der Waals surface area contributed by atoms with Gasteiger partial charge in [0.2, 0.25) is 0 Å². The van der Waals surface area contributed by atoms with Gasteiger partial charge in [0, 0.05) is 5.56 Å². The highest BCUT2D eigenvalue weighted by Crippen LogP contribution is 2.30. The molecule has 122 valence electrons. The molecule has 0 spiro atoms. The Bertz CT molecular complexity index is 903. The van der Waals surface area contributed by atoms with Gasteiger partial charge in [-0.25, -0.2) is 13.2 Å². The van der Waals surface area contributed by atoms with E-state index in [1.165, 1.54) is 11.3 Å². The molecule has 1 heterocycles. The summed E-state index contributed by atoms with van der Waals surface area (Å²) in [5, 5.41) is 4.03. The van der Waals surface area contributed by atoms with Crippen molar-refractivity contribution in [2.24, 2.45) is 0 Å². The quantitative estimate of drug-likeness (QED) is 0.632. The summed E-state index contributed by atoms with van der Waals surface area (Å²) >= 11 is 1.19. The molecular formula is C18H12F3NOS. The van der Waals surface area contributed by atoms with Crippen molar-refractivity contribution in [3.05, 3.63) is 75.7 Å². The van der Waals surface area contributed by atoms with E-state index in [0.29, 0.717) is 10.4 Å². The van der Waals surface area contributed by atoms with E-state index < -0.39 is 29.0 Å². The standard InChI is InChI=1S/C18H12F3NOS/c1-10-2-4-11(5-3-10)12-8-9-24-17(12)18(23)22-14-7-6-13(19)15(20)16(14)21/h2-9H,1H3,(H,22,23). The topological polar surface area (TPSA) is 29.1 Å². The maximum absolute atomic E-state index is 13.7. The van der Waals surface area contributed by atoms with Crippen molar-refractivity contribution in [2.45, 2.75) is 6.92 Å². The molecule has 24 heavy (non-hydrogen) atoms. The van der Waals surface area contributed by atoms with Crippen LogP contribution in [0.15, 0.2) is 47.8 Å². The lowest BCUT2D eigenvalue weighted by Crippen LogP contribution is -2.13. The minimum atomic E-state index is -1.61. The highest BCUT2D eigenvalue weighted by molar-refractivity contribution is 7.12. The lowest BCUT2D eigenvalue weighted by Gasteiger charge is -2.08. The van der Waals surface area contributed by atoms with Crippen LogP contribution in [0.4, 0.5) is 18.9 Å². The van der Waals surface area contributed by atoms with Gasteiger partial charge in [0.25, 0.3) is 5.91 Å². The molecule has 0 saturated carbocycles. The highest BCUT2D eigenvalue weighted by atomic mass is 32.1. The van der Waals surface area contributed by atoms with Crippen molar-refractivity contribution in [3.63, 3.8) is 0 Å². The zero-order chi connectivity index (χ0) is 17.3. The second kappa shape index (κ2) is 6.49. The van der Waals surface area contributed by atoms with Crippen molar-refractivity contribution in [1.82, 2.24) is 0 Å². The Balaban J connectivity index is 1.91. The molecule has 0 atom stereocenters. The first-order valence-electron chi connectivity index (χ1n) is 7.06. The van der Waals surface area contributed by atoms with Gasteiger partial charge in [-0.05, 0) is 36.1 Å². The average molecular weight is 347 g/mol. The predicted molar refractivity (Wildman–Crippen MR) is 88.8 cm³/mol. The minimum absolute atomic E-state index is 0.364.